The Morgan fingerprint density at radius 1 is 1.70 bits per heavy atom. The maximum Gasteiger partial charge on any atom is 0.163 e. The van der Waals surface area contributed by atoms with Crippen molar-refractivity contribution in [3.05, 3.63) is 0 Å². The highest BCUT2D eigenvalue weighted by molar-refractivity contribution is 4.73. The first-order valence-electron chi connectivity index (χ1n) is 3.27. The fourth-order valence-corrected chi connectivity index (χ4v) is 0.884. The van der Waals surface area contributed by atoms with Gasteiger partial charge >= 0.3 is 0 Å². The molecule has 4 heteroatoms. The SMILES string of the molecule is CC1(C)OC[C@@H]([C@@H](N)O)O1. The molecule has 1 rings (SSSR count). The van der Waals surface area contributed by atoms with Gasteiger partial charge in [0.25, 0.3) is 0 Å². The minimum atomic E-state index is -0.943. The van der Waals surface area contributed by atoms with E-state index in [-0.39, 0.29) is 6.10 Å². The van der Waals surface area contributed by atoms with Crippen LogP contribution < -0.4 is 5.73 Å². The zero-order valence-electron chi connectivity index (χ0n) is 6.20. The standard InChI is InChI=1S/C6H13NO3/c1-6(2)9-3-4(10-6)5(7)8/h4-5,8H,3,7H2,1-2H3/t4-,5-/m0/s1. The summed E-state index contributed by atoms with van der Waals surface area (Å²) >= 11 is 0. The molecular weight excluding hydrogens is 134 g/mol. The maximum atomic E-state index is 8.86. The summed E-state index contributed by atoms with van der Waals surface area (Å²) in [5.74, 6) is -0.592. The molecule has 0 aromatic carbocycles. The van der Waals surface area contributed by atoms with E-state index in [2.05, 4.69) is 0 Å². The van der Waals surface area contributed by atoms with Crippen molar-refractivity contribution in [1.82, 2.24) is 0 Å². The highest BCUT2D eigenvalue weighted by Crippen LogP contribution is 2.22. The fraction of sp³-hybridized carbons (Fsp3) is 1.00. The molecule has 0 bridgehead atoms. The number of hydrogen-bond acceptors (Lipinski definition) is 4. The fourth-order valence-electron chi connectivity index (χ4n) is 0.884. The molecule has 0 unspecified atom stereocenters. The lowest BCUT2D eigenvalue weighted by molar-refractivity contribution is -0.150. The second kappa shape index (κ2) is 2.47. The van der Waals surface area contributed by atoms with Crippen LogP contribution in [-0.2, 0) is 9.47 Å². The quantitative estimate of drug-likeness (QED) is 0.487. The van der Waals surface area contributed by atoms with Crippen molar-refractivity contribution >= 4 is 0 Å². The summed E-state index contributed by atoms with van der Waals surface area (Å²) in [6, 6.07) is 0. The van der Waals surface area contributed by atoms with Crippen molar-refractivity contribution < 1.29 is 14.6 Å². The zero-order valence-corrected chi connectivity index (χ0v) is 6.20. The number of ether oxygens (including phenoxy) is 2. The number of hydrogen-bond donors (Lipinski definition) is 2. The van der Waals surface area contributed by atoms with Crippen LogP contribution in [0, 0.1) is 0 Å². The topological polar surface area (TPSA) is 64.7 Å². The Kier molecular flexibility index (Phi) is 1.96. The molecule has 0 saturated carbocycles. The molecule has 0 spiro atoms. The molecule has 4 nitrogen and oxygen atoms in total. The predicted octanol–water partition coefficient (Wildman–Crippen LogP) is -0.585. The second-order valence-corrected chi connectivity index (χ2v) is 2.86. The molecule has 1 aliphatic rings. The van der Waals surface area contributed by atoms with Crippen LogP contribution in [0.4, 0.5) is 0 Å². The third-order valence-electron chi connectivity index (χ3n) is 1.41. The number of rotatable bonds is 1. The van der Waals surface area contributed by atoms with Crippen LogP contribution in [0.25, 0.3) is 0 Å². The molecule has 1 saturated heterocycles. The lowest BCUT2D eigenvalue weighted by Gasteiger charge is -2.17. The summed E-state index contributed by atoms with van der Waals surface area (Å²) in [7, 11) is 0. The van der Waals surface area contributed by atoms with Gasteiger partial charge in [0, 0.05) is 0 Å². The van der Waals surface area contributed by atoms with Crippen LogP contribution in [0.15, 0.2) is 0 Å². The van der Waals surface area contributed by atoms with Gasteiger partial charge in [-0.2, -0.15) is 0 Å². The molecule has 1 heterocycles. The van der Waals surface area contributed by atoms with Crippen LogP contribution in [-0.4, -0.2) is 29.8 Å². The number of aliphatic hydroxyl groups is 1. The Hall–Kier alpha value is -0.160. The molecule has 0 aromatic rings. The van der Waals surface area contributed by atoms with Crippen LogP contribution in [0.2, 0.25) is 0 Å². The van der Waals surface area contributed by atoms with E-state index in [0.29, 0.717) is 6.61 Å². The van der Waals surface area contributed by atoms with Gasteiger partial charge < -0.3 is 20.3 Å². The van der Waals surface area contributed by atoms with Crippen LogP contribution in [0.1, 0.15) is 13.8 Å². The summed E-state index contributed by atoms with van der Waals surface area (Å²) in [6.45, 7) is 3.94. The highest BCUT2D eigenvalue weighted by Gasteiger charge is 2.35. The van der Waals surface area contributed by atoms with Gasteiger partial charge in [-0.15, -0.1) is 0 Å². The largest absolute Gasteiger partial charge is 0.376 e. The maximum absolute atomic E-state index is 8.86. The van der Waals surface area contributed by atoms with Gasteiger partial charge in [0.15, 0.2) is 5.79 Å². The Morgan fingerprint density at radius 2 is 2.30 bits per heavy atom. The number of nitrogens with two attached hydrogens (primary N) is 1. The summed E-state index contributed by atoms with van der Waals surface area (Å²) in [4.78, 5) is 0. The van der Waals surface area contributed by atoms with E-state index in [1.807, 2.05) is 0 Å². The molecule has 10 heavy (non-hydrogen) atoms. The van der Waals surface area contributed by atoms with Crippen molar-refractivity contribution in [2.75, 3.05) is 6.61 Å². The first-order valence-corrected chi connectivity index (χ1v) is 3.27. The van der Waals surface area contributed by atoms with Crippen LogP contribution in [0.5, 0.6) is 0 Å². The van der Waals surface area contributed by atoms with Gasteiger partial charge in [-0.25, -0.2) is 0 Å². The smallest absolute Gasteiger partial charge is 0.163 e. The minimum absolute atomic E-state index is 0.366. The Morgan fingerprint density at radius 3 is 2.50 bits per heavy atom. The van der Waals surface area contributed by atoms with E-state index in [1.165, 1.54) is 0 Å². The lowest BCUT2D eigenvalue weighted by Crippen LogP contribution is -2.37. The molecule has 2 atom stereocenters. The molecule has 1 fully saturated rings. The molecule has 0 aliphatic carbocycles. The van der Waals surface area contributed by atoms with E-state index in [1.54, 1.807) is 13.8 Å². The highest BCUT2D eigenvalue weighted by atomic mass is 16.7. The van der Waals surface area contributed by atoms with Gasteiger partial charge in [-0.05, 0) is 13.8 Å². The predicted molar refractivity (Wildman–Crippen MR) is 35.1 cm³/mol. The van der Waals surface area contributed by atoms with Crippen LogP contribution in [0.3, 0.4) is 0 Å². The average molecular weight is 147 g/mol. The van der Waals surface area contributed by atoms with Crippen molar-refractivity contribution in [2.45, 2.75) is 32.0 Å². The molecular formula is C6H13NO3. The first kappa shape index (κ1) is 7.94. The van der Waals surface area contributed by atoms with Gasteiger partial charge in [0.2, 0.25) is 0 Å². The summed E-state index contributed by atoms with van der Waals surface area (Å²) in [5, 5.41) is 8.86. The summed E-state index contributed by atoms with van der Waals surface area (Å²) < 4.78 is 10.4. The van der Waals surface area contributed by atoms with E-state index in [0.717, 1.165) is 0 Å². The second-order valence-electron chi connectivity index (χ2n) is 2.86. The molecule has 0 radical (unpaired) electrons. The molecule has 0 amide bonds. The van der Waals surface area contributed by atoms with Crippen LogP contribution >= 0.6 is 0 Å². The van der Waals surface area contributed by atoms with Crippen molar-refractivity contribution in [2.24, 2.45) is 5.73 Å². The van der Waals surface area contributed by atoms with E-state index < -0.39 is 12.0 Å². The van der Waals surface area contributed by atoms with E-state index in [9.17, 15) is 0 Å². The monoisotopic (exact) mass is 147 g/mol. The first-order chi connectivity index (χ1) is 4.51. The van der Waals surface area contributed by atoms with Crippen molar-refractivity contribution in [3.63, 3.8) is 0 Å². The van der Waals surface area contributed by atoms with Crippen molar-refractivity contribution in [3.8, 4) is 0 Å². The molecule has 3 N–H and O–H groups in total. The van der Waals surface area contributed by atoms with Gasteiger partial charge in [-0.3, -0.25) is 0 Å². The molecule has 1 aliphatic heterocycles. The minimum Gasteiger partial charge on any atom is -0.376 e. The third kappa shape index (κ3) is 1.67. The Bertz CT molecular complexity index is 124. The normalized spacial score (nSPS) is 34.2. The Balaban J connectivity index is 2.43. The summed E-state index contributed by atoms with van der Waals surface area (Å²) in [6.07, 6.45) is -1.32. The lowest BCUT2D eigenvalue weighted by atomic mass is 10.3. The van der Waals surface area contributed by atoms with E-state index in [4.69, 9.17) is 20.3 Å². The summed E-state index contributed by atoms with van der Waals surface area (Å²) in [5.41, 5.74) is 5.17. The Labute approximate surface area is 59.9 Å². The average Bonchev–Trinajstić information content (AvgIpc) is 2.10. The third-order valence-corrected chi connectivity index (χ3v) is 1.41. The molecule has 60 valence electrons. The molecule has 0 aromatic heterocycles. The van der Waals surface area contributed by atoms with E-state index >= 15 is 0 Å². The zero-order chi connectivity index (χ0) is 7.78. The van der Waals surface area contributed by atoms with Gasteiger partial charge in [-0.1, -0.05) is 0 Å². The van der Waals surface area contributed by atoms with Crippen molar-refractivity contribution in [1.29, 1.82) is 0 Å². The number of aliphatic hydroxyl groups excluding tert-OH is 1. The van der Waals surface area contributed by atoms with Gasteiger partial charge in [0.1, 0.15) is 12.3 Å². The van der Waals surface area contributed by atoms with Gasteiger partial charge in [0.05, 0.1) is 6.61 Å².